The highest BCUT2D eigenvalue weighted by atomic mass is 35.5. The van der Waals surface area contributed by atoms with Gasteiger partial charge in [0, 0.05) is 6.07 Å². The SMILES string of the molecule is Nc1cc(Cl)c(Cl)cc1OCc1ccccc1. The Morgan fingerprint density at radius 2 is 1.65 bits per heavy atom. The normalized spacial score (nSPS) is 10.2. The molecule has 0 bridgehead atoms. The molecule has 0 aliphatic rings. The van der Waals surface area contributed by atoms with Gasteiger partial charge in [0.25, 0.3) is 0 Å². The largest absolute Gasteiger partial charge is 0.487 e. The first-order valence-electron chi connectivity index (χ1n) is 5.08. The van der Waals surface area contributed by atoms with Crippen molar-refractivity contribution in [3.05, 3.63) is 58.1 Å². The fraction of sp³-hybridized carbons (Fsp3) is 0.0769. The van der Waals surface area contributed by atoms with Gasteiger partial charge in [-0.05, 0) is 11.6 Å². The molecule has 0 atom stereocenters. The minimum atomic E-state index is 0.427. The maximum atomic E-state index is 5.90. The van der Waals surface area contributed by atoms with Crippen LogP contribution in [0.3, 0.4) is 0 Å². The first-order chi connectivity index (χ1) is 8.16. The average Bonchev–Trinajstić information content (AvgIpc) is 2.33. The smallest absolute Gasteiger partial charge is 0.144 e. The van der Waals surface area contributed by atoms with Crippen molar-refractivity contribution in [1.82, 2.24) is 0 Å². The number of hydrogen-bond acceptors (Lipinski definition) is 2. The predicted molar refractivity (Wildman–Crippen MR) is 71.6 cm³/mol. The van der Waals surface area contributed by atoms with E-state index in [4.69, 9.17) is 33.7 Å². The van der Waals surface area contributed by atoms with Gasteiger partial charge in [-0.15, -0.1) is 0 Å². The number of anilines is 1. The molecule has 0 saturated carbocycles. The first kappa shape index (κ1) is 12.1. The van der Waals surface area contributed by atoms with Gasteiger partial charge in [0.05, 0.1) is 15.7 Å². The lowest BCUT2D eigenvalue weighted by atomic mass is 10.2. The summed E-state index contributed by atoms with van der Waals surface area (Å²) in [6.07, 6.45) is 0. The fourth-order valence-electron chi connectivity index (χ4n) is 1.40. The average molecular weight is 268 g/mol. The maximum absolute atomic E-state index is 5.90. The van der Waals surface area contributed by atoms with Crippen molar-refractivity contribution in [2.24, 2.45) is 0 Å². The summed E-state index contributed by atoms with van der Waals surface area (Å²) in [5, 5.41) is 0.861. The maximum Gasteiger partial charge on any atom is 0.144 e. The van der Waals surface area contributed by atoms with E-state index in [1.54, 1.807) is 12.1 Å². The summed E-state index contributed by atoms with van der Waals surface area (Å²) in [4.78, 5) is 0. The monoisotopic (exact) mass is 267 g/mol. The molecule has 17 heavy (non-hydrogen) atoms. The molecule has 0 radical (unpaired) electrons. The standard InChI is InChI=1S/C13H11Cl2NO/c14-10-6-12(16)13(7-11(10)15)17-8-9-4-2-1-3-5-9/h1-7H,8,16H2. The van der Waals surface area contributed by atoms with Crippen molar-refractivity contribution in [2.45, 2.75) is 6.61 Å². The van der Waals surface area contributed by atoms with Crippen LogP contribution in [-0.2, 0) is 6.61 Å². The Bertz CT molecular complexity index is 514. The van der Waals surface area contributed by atoms with E-state index < -0.39 is 0 Å². The molecule has 2 aromatic carbocycles. The van der Waals surface area contributed by atoms with Crippen LogP contribution < -0.4 is 10.5 Å². The summed E-state index contributed by atoms with van der Waals surface area (Å²) in [5.41, 5.74) is 7.34. The molecular formula is C13H11Cl2NO. The zero-order valence-corrected chi connectivity index (χ0v) is 10.5. The van der Waals surface area contributed by atoms with Crippen LogP contribution in [0, 0.1) is 0 Å². The number of nitrogens with two attached hydrogens (primary N) is 1. The molecule has 2 nitrogen and oxygen atoms in total. The van der Waals surface area contributed by atoms with E-state index in [0.717, 1.165) is 5.56 Å². The van der Waals surface area contributed by atoms with E-state index in [1.165, 1.54) is 0 Å². The molecule has 4 heteroatoms. The van der Waals surface area contributed by atoms with Crippen molar-refractivity contribution in [3.8, 4) is 5.75 Å². The molecule has 0 amide bonds. The minimum Gasteiger partial charge on any atom is -0.487 e. The van der Waals surface area contributed by atoms with Gasteiger partial charge in [-0.1, -0.05) is 53.5 Å². The van der Waals surface area contributed by atoms with Gasteiger partial charge in [0.15, 0.2) is 0 Å². The Hall–Kier alpha value is -1.38. The Kier molecular flexibility index (Phi) is 3.77. The van der Waals surface area contributed by atoms with E-state index in [1.807, 2.05) is 30.3 Å². The lowest BCUT2D eigenvalue weighted by molar-refractivity contribution is 0.308. The Balaban J connectivity index is 2.12. The quantitative estimate of drug-likeness (QED) is 0.848. The van der Waals surface area contributed by atoms with Crippen molar-refractivity contribution < 1.29 is 4.74 Å². The second kappa shape index (κ2) is 5.30. The molecule has 0 fully saturated rings. The number of benzene rings is 2. The Morgan fingerprint density at radius 3 is 2.35 bits per heavy atom. The molecule has 0 unspecified atom stereocenters. The summed E-state index contributed by atoms with van der Waals surface area (Å²) in [5.74, 6) is 0.545. The van der Waals surface area contributed by atoms with Crippen LogP contribution in [0.15, 0.2) is 42.5 Å². The highest BCUT2D eigenvalue weighted by molar-refractivity contribution is 6.42. The van der Waals surface area contributed by atoms with Gasteiger partial charge in [-0.2, -0.15) is 0 Å². The number of hydrogen-bond donors (Lipinski definition) is 1. The van der Waals surface area contributed by atoms with Gasteiger partial charge in [0.2, 0.25) is 0 Å². The van der Waals surface area contributed by atoms with Gasteiger partial charge in [0.1, 0.15) is 12.4 Å². The van der Waals surface area contributed by atoms with Crippen LogP contribution >= 0.6 is 23.2 Å². The number of nitrogen functional groups attached to an aromatic ring is 1. The predicted octanol–water partition coefficient (Wildman–Crippen LogP) is 4.15. The second-order valence-corrected chi connectivity index (χ2v) is 4.39. The van der Waals surface area contributed by atoms with Crippen molar-refractivity contribution in [2.75, 3.05) is 5.73 Å². The van der Waals surface area contributed by atoms with Crippen molar-refractivity contribution >= 4 is 28.9 Å². The van der Waals surface area contributed by atoms with Crippen molar-refractivity contribution in [3.63, 3.8) is 0 Å². The molecule has 0 heterocycles. The van der Waals surface area contributed by atoms with E-state index in [-0.39, 0.29) is 0 Å². The van der Waals surface area contributed by atoms with Crippen LogP contribution in [-0.4, -0.2) is 0 Å². The third kappa shape index (κ3) is 3.05. The summed E-state index contributed by atoms with van der Waals surface area (Å²) >= 11 is 11.7. The molecule has 0 aromatic heterocycles. The van der Waals surface area contributed by atoms with E-state index >= 15 is 0 Å². The molecule has 88 valence electrons. The summed E-state index contributed by atoms with van der Waals surface area (Å²) in [6, 6.07) is 13.0. The van der Waals surface area contributed by atoms with Crippen molar-refractivity contribution in [1.29, 1.82) is 0 Å². The van der Waals surface area contributed by atoms with Gasteiger partial charge in [-0.25, -0.2) is 0 Å². The number of ether oxygens (including phenoxy) is 1. The Labute approximate surface area is 110 Å². The van der Waals surface area contributed by atoms with Crippen LogP contribution in [0.2, 0.25) is 10.0 Å². The molecule has 2 aromatic rings. The summed E-state index contributed by atoms with van der Waals surface area (Å²) in [7, 11) is 0. The molecule has 0 aliphatic heterocycles. The Morgan fingerprint density at radius 1 is 1.00 bits per heavy atom. The van der Waals surface area contributed by atoms with E-state index in [0.29, 0.717) is 28.1 Å². The third-order valence-corrected chi connectivity index (χ3v) is 3.01. The zero-order chi connectivity index (χ0) is 12.3. The van der Waals surface area contributed by atoms with E-state index in [9.17, 15) is 0 Å². The molecule has 2 rings (SSSR count). The molecule has 0 aliphatic carbocycles. The van der Waals surface area contributed by atoms with Crippen LogP contribution in [0.4, 0.5) is 5.69 Å². The zero-order valence-electron chi connectivity index (χ0n) is 8.99. The number of rotatable bonds is 3. The summed E-state index contributed by atoms with van der Waals surface area (Å²) < 4.78 is 5.59. The van der Waals surface area contributed by atoms with Crippen LogP contribution in [0.1, 0.15) is 5.56 Å². The highest BCUT2D eigenvalue weighted by Crippen LogP contribution is 2.32. The minimum absolute atomic E-state index is 0.427. The first-order valence-corrected chi connectivity index (χ1v) is 5.83. The topological polar surface area (TPSA) is 35.2 Å². The number of halogens is 2. The van der Waals surface area contributed by atoms with Gasteiger partial charge >= 0.3 is 0 Å². The van der Waals surface area contributed by atoms with Gasteiger partial charge in [-0.3, -0.25) is 0 Å². The lowest BCUT2D eigenvalue weighted by Gasteiger charge is -2.10. The molecule has 0 saturated heterocycles. The fourth-order valence-corrected chi connectivity index (χ4v) is 1.73. The van der Waals surface area contributed by atoms with Gasteiger partial charge < -0.3 is 10.5 Å². The lowest BCUT2D eigenvalue weighted by Crippen LogP contribution is -1.98. The van der Waals surface area contributed by atoms with E-state index in [2.05, 4.69) is 0 Å². The molecule has 2 N–H and O–H groups in total. The highest BCUT2D eigenvalue weighted by Gasteiger charge is 2.06. The molecule has 0 spiro atoms. The summed E-state index contributed by atoms with van der Waals surface area (Å²) in [6.45, 7) is 0.447. The molecular weight excluding hydrogens is 257 g/mol. The third-order valence-electron chi connectivity index (χ3n) is 2.29. The van der Waals surface area contributed by atoms with Crippen LogP contribution in [0.25, 0.3) is 0 Å². The second-order valence-electron chi connectivity index (χ2n) is 3.58. The van der Waals surface area contributed by atoms with Crippen LogP contribution in [0.5, 0.6) is 5.75 Å².